The third-order valence-corrected chi connectivity index (χ3v) is 3.52. The summed E-state index contributed by atoms with van der Waals surface area (Å²) in [5.74, 6) is 0.0256. The van der Waals surface area contributed by atoms with Crippen LogP contribution in [0, 0.1) is 5.41 Å². The molecule has 6 nitrogen and oxygen atoms in total. The van der Waals surface area contributed by atoms with Crippen molar-refractivity contribution in [2.75, 3.05) is 27.2 Å². The fourth-order valence-corrected chi connectivity index (χ4v) is 2.36. The zero-order chi connectivity index (χ0) is 13.9. The second kappa shape index (κ2) is 5.56. The Bertz CT molecular complexity index is 337. The molecule has 0 aliphatic heterocycles. The van der Waals surface area contributed by atoms with E-state index < -0.39 is 5.41 Å². The average Bonchev–Trinajstić information content (AvgIpc) is 3.09. The zero-order valence-electron chi connectivity index (χ0n) is 11.7. The highest BCUT2D eigenvalue weighted by Gasteiger charge is 2.56. The van der Waals surface area contributed by atoms with Gasteiger partial charge in [0, 0.05) is 19.1 Å². The van der Waals surface area contributed by atoms with E-state index in [-0.39, 0.29) is 17.8 Å². The van der Waals surface area contributed by atoms with E-state index in [9.17, 15) is 4.79 Å². The summed E-state index contributed by atoms with van der Waals surface area (Å²) in [5, 5.41) is 11.8. The molecule has 1 atom stereocenters. The first-order chi connectivity index (χ1) is 8.39. The SMILES string of the molecule is CCN(C(=O)C1(C(N)=NO)CC1)C(C)CN(C)C. The van der Waals surface area contributed by atoms with Gasteiger partial charge >= 0.3 is 0 Å². The van der Waals surface area contributed by atoms with Crippen LogP contribution >= 0.6 is 0 Å². The first-order valence-corrected chi connectivity index (χ1v) is 6.32. The van der Waals surface area contributed by atoms with Crippen molar-refractivity contribution in [2.24, 2.45) is 16.3 Å². The zero-order valence-corrected chi connectivity index (χ0v) is 11.7. The van der Waals surface area contributed by atoms with Crippen LogP contribution in [0.5, 0.6) is 0 Å². The molecule has 0 aromatic carbocycles. The molecular weight excluding hydrogens is 232 g/mol. The van der Waals surface area contributed by atoms with E-state index in [1.54, 1.807) is 0 Å². The van der Waals surface area contributed by atoms with Crippen molar-refractivity contribution in [3.63, 3.8) is 0 Å². The minimum Gasteiger partial charge on any atom is -0.409 e. The average molecular weight is 256 g/mol. The Labute approximate surface area is 108 Å². The number of nitrogens with two attached hydrogens (primary N) is 1. The van der Waals surface area contributed by atoms with Crippen molar-refractivity contribution in [3.05, 3.63) is 0 Å². The van der Waals surface area contributed by atoms with Crippen molar-refractivity contribution in [1.29, 1.82) is 0 Å². The summed E-state index contributed by atoms with van der Waals surface area (Å²) >= 11 is 0. The number of oxime groups is 1. The van der Waals surface area contributed by atoms with E-state index in [0.29, 0.717) is 19.4 Å². The van der Waals surface area contributed by atoms with Crippen LogP contribution in [0.3, 0.4) is 0 Å². The Balaban J connectivity index is 2.80. The van der Waals surface area contributed by atoms with E-state index in [2.05, 4.69) is 5.16 Å². The Morgan fingerprint density at radius 3 is 2.39 bits per heavy atom. The molecule has 0 aromatic heterocycles. The number of hydrogen-bond donors (Lipinski definition) is 2. The predicted molar refractivity (Wildman–Crippen MR) is 70.5 cm³/mol. The molecule has 0 saturated heterocycles. The summed E-state index contributed by atoms with van der Waals surface area (Å²) in [5.41, 5.74) is 4.91. The molecule has 3 N–H and O–H groups in total. The van der Waals surface area contributed by atoms with E-state index in [1.165, 1.54) is 0 Å². The molecule has 0 aromatic rings. The molecule has 18 heavy (non-hydrogen) atoms. The number of carbonyl (C=O) groups is 1. The van der Waals surface area contributed by atoms with E-state index in [0.717, 1.165) is 6.54 Å². The first kappa shape index (κ1) is 14.8. The van der Waals surface area contributed by atoms with Gasteiger partial charge in [0.05, 0.1) is 0 Å². The number of carbonyl (C=O) groups excluding carboxylic acids is 1. The highest BCUT2D eigenvalue weighted by atomic mass is 16.4. The second-order valence-corrected chi connectivity index (χ2v) is 5.27. The molecule has 1 rings (SSSR count). The summed E-state index contributed by atoms with van der Waals surface area (Å²) in [7, 11) is 3.95. The monoisotopic (exact) mass is 256 g/mol. The van der Waals surface area contributed by atoms with Gasteiger partial charge in [0.2, 0.25) is 5.91 Å². The minimum absolute atomic E-state index is 0.0188. The lowest BCUT2D eigenvalue weighted by atomic mass is 10.0. The van der Waals surface area contributed by atoms with Crippen molar-refractivity contribution < 1.29 is 10.0 Å². The Morgan fingerprint density at radius 2 is 2.06 bits per heavy atom. The standard InChI is InChI=1S/C12H24N4O2/c1-5-16(9(2)8-15(3)4)11(17)12(6-7-12)10(13)14-18/h9,18H,5-8H2,1-4H3,(H2,13,14). The summed E-state index contributed by atoms with van der Waals surface area (Å²) in [6, 6.07) is 0.112. The molecule has 1 aliphatic rings. The van der Waals surface area contributed by atoms with Crippen LogP contribution < -0.4 is 5.73 Å². The van der Waals surface area contributed by atoms with Gasteiger partial charge in [-0.1, -0.05) is 5.16 Å². The van der Waals surface area contributed by atoms with Crippen LogP contribution in [-0.2, 0) is 4.79 Å². The summed E-state index contributed by atoms with van der Waals surface area (Å²) in [6.07, 6.45) is 1.35. The van der Waals surface area contributed by atoms with Crippen LogP contribution in [0.2, 0.25) is 0 Å². The largest absolute Gasteiger partial charge is 0.409 e. The second-order valence-electron chi connectivity index (χ2n) is 5.27. The van der Waals surface area contributed by atoms with E-state index in [1.807, 2.05) is 37.7 Å². The van der Waals surface area contributed by atoms with E-state index >= 15 is 0 Å². The van der Waals surface area contributed by atoms with Crippen LogP contribution in [0.1, 0.15) is 26.7 Å². The number of hydrogen-bond acceptors (Lipinski definition) is 4. The van der Waals surface area contributed by atoms with Gasteiger partial charge in [-0.15, -0.1) is 0 Å². The van der Waals surface area contributed by atoms with Crippen LogP contribution in [0.4, 0.5) is 0 Å². The van der Waals surface area contributed by atoms with Crippen LogP contribution in [0.25, 0.3) is 0 Å². The van der Waals surface area contributed by atoms with Gasteiger partial charge in [0.25, 0.3) is 0 Å². The van der Waals surface area contributed by atoms with Crippen molar-refractivity contribution in [3.8, 4) is 0 Å². The highest BCUT2D eigenvalue weighted by molar-refractivity contribution is 6.09. The summed E-state index contributed by atoms with van der Waals surface area (Å²) in [4.78, 5) is 16.4. The Morgan fingerprint density at radius 1 is 1.50 bits per heavy atom. The van der Waals surface area contributed by atoms with Crippen LogP contribution in [0.15, 0.2) is 5.16 Å². The highest BCUT2D eigenvalue weighted by Crippen LogP contribution is 2.47. The van der Waals surface area contributed by atoms with Crippen molar-refractivity contribution >= 4 is 11.7 Å². The molecule has 0 heterocycles. The number of amidine groups is 1. The quantitative estimate of drug-likeness (QED) is 0.310. The topological polar surface area (TPSA) is 82.2 Å². The third kappa shape index (κ3) is 2.75. The fraction of sp³-hybridized carbons (Fsp3) is 0.833. The van der Waals surface area contributed by atoms with Gasteiger partial charge in [-0.2, -0.15) is 0 Å². The fourth-order valence-electron chi connectivity index (χ4n) is 2.36. The van der Waals surface area contributed by atoms with Gasteiger partial charge < -0.3 is 20.7 Å². The number of amides is 1. The number of likely N-dealkylation sites (N-methyl/N-ethyl adjacent to an activating group) is 2. The summed E-state index contributed by atoms with van der Waals surface area (Å²) < 4.78 is 0. The molecule has 0 bridgehead atoms. The maximum Gasteiger partial charge on any atom is 0.236 e. The minimum atomic E-state index is -0.745. The third-order valence-electron chi connectivity index (χ3n) is 3.52. The summed E-state index contributed by atoms with van der Waals surface area (Å²) in [6.45, 7) is 5.40. The van der Waals surface area contributed by atoms with E-state index in [4.69, 9.17) is 10.9 Å². The molecule has 1 saturated carbocycles. The Kier molecular flexibility index (Phi) is 4.56. The first-order valence-electron chi connectivity index (χ1n) is 6.32. The maximum absolute atomic E-state index is 12.5. The number of rotatable bonds is 6. The van der Waals surface area contributed by atoms with Gasteiger partial charge in [0.1, 0.15) is 5.41 Å². The maximum atomic E-state index is 12.5. The smallest absolute Gasteiger partial charge is 0.236 e. The molecule has 1 aliphatic carbocycles. The number of nitrogens with zero attached hydrogens (tertiary/aromatic N) is 3. The lowest BCUT2D eigenvalue weighted by Crippen LogP contribution is -2.50. The molecule has 104 valence electrons. The molecular formula is C12H24N4O2. The Hall–Kier alpha value is -1.30. The van der Waals surface area contributed by atoms with Gasteiger partial charge in [-0.05, 0) is 40.8 Å². The molecule has 1 unspecified atom stereocenters. The van der Waals surface area contributed by atoms with Gasteiger partial charge in [-0.25, -0.2) is 0 Å². The van der Waals surface area contributed by atoms with Crippen molar-refractivity contribution in [2.45, 2.75) is 32.7 Å². The lowest BCUT2D eigenvalue weighted by molar-refractivity contribution is -0.136. The van der Waals surface area contributed by atoms with Gasteiger partial charge in [-0.3, -0.25) is 4.79 Å². The van der Waals surface area contributed by atoms with Crippen molar-refractivity contribution in [1.82, 2.24) is 9.80 Å². The molecule has 0 radical (unpaired) electrons. The normalized spacial score (nSPS) is 19.7. The molecule has 1 fully saturated rings. The molecule has 6 heteroatoms. The van der Waals surface area contributed by atoms with Gasteiger partial charge in [0.15, 0.2) is 5.84 Å². The molecule has 0 spiro atoms. The molecule has 1 amide bonds. The predicted octanol–water partition coefficient (Wildman–Crippen LogP) is 0.312. The lowest BCUT2D eigenvalue weighted by Gasteiger charge is -2.32. The van der Waals surface area contributed by atoms with Crippen LogP contribution in [-0.4, -0.2) is 60.0 Å².